The lowest BCUT2D eigenvalue weighted by molar-refractivity contribution is 0.0677. The number of anilines is 1. The van der Waals surface area contributed by atoms with Crippen molar-refractivity contribution in [2.75, 3.05) is 30.0 Å². The van der Waals surface area contributed by atoms with Crippen molar-refractivity contribution in [1.82, 2.24) is 10.1 Å². The Morgan fingerprint density at radius 2 is 2.24 bits per heavy atom. The number of benzene rings is 1. The number of para-hydroxylation sites is 1. The standard InChI is InChI=1S/C15H17N3O2S/c1-2-4-12-10(3-1)11(5-6-16-12)15-17-14(18-20-15)13-9-21-8-7-19-13/h1-4,11,13,16H,5-9H2. The summed E-state index contributed by atoms with van der Waals surface area (Å²) < 4.78 is 11.3. The van der Waals surface area contributed by atoms with Crippen LogP contribution in [0.4, 0.5) is 5.69 Å². The molecule has 1 saturated heterocycles. The van der Waals surface area contributed by atoms with Crippen LogP contribution in [0.5, 0.6) is 0 Å². The summed E-state index contributed by atoms with van der Waals surface area (Å²) in [6, 6.07) is 8.32. The zero-order valence-electron chi connectivity index (χ0n) is 11.6. The molecule has 1 aromatic carbocycles. The summed E-state index contributed by atoms with van der Waals surface area (Å²) in [6.45, 7) is 1.69. The molecule has 3 heterocycles. The van der Waals surface area contributed by atoms with Gasteiger partial charge in [0.2, 0.25) is 11.7 Å². The van der Waals surface area contributed by atoms with Gasteiger partial charge in [0.1, 0.15) is 6.10 Å². The van der Waals surface area contributed by atoms with Gasteiger partial charge in [-0.3, -0.25) is 0 Å². The lowest BCUT2D eigenvalue weighted by atomic mass is 9.91. The van der Waals surface area contributed by atoms with E-state index in [1.807, 2.05) is 17.8 Å². The highest BCUT2D eigenvalue weighted by atomic mass is 32.2. The van der Waals surface area contributed by atoms with Gasteiger partial charge in [-0.2, -0.15) is 16.7 Å². The molecule has 5 nitrogen and oxygen atoms in total. The van der Waals surface area contributed by atoms with E-state index in [1.54, 1.807) is 0 Å². The highest BCUT2D eigenvalue weighted by molar-refractivity contribution is 7.99. The fourth-order valence-corrected chi connectivity index (χ4v) is 3.72. The minimum absolute atomic E-state index is 0.0294. The molecule has 0 radical (unpaired) electrons. The molecule has 0 amide bonds. The van der Waals surface area contributed by atoms with Crippen LogP contribution in [0, 0.1) is 0 Å². The van der Waals surface area contributed by atoms with Gasteiger partial charge < -0.3 is 14.6 Å². The van der Waals surface area contributed by atoms with E-state index in [0.29, 0.717) is 11.7 Å². The number of aromatic nitrogens is 2. The van der Waals surface area contributed by atoms with Gasteiger partial charge in [-0.1, -0.05) is 23.4 Å². The fraction of sp³-hybridized carbons (Fsp3) is 0.467. The van der Waals surface area contributed by atoms with Gasteiger partial charge in [-0.05, 0) is 18.1 Å². The first-order valence-electron chi connectivity index (χ1n) is 7.27. The Morgan fingerprint density at radius 3 is 3.14 bits per heavy atom. The number of hydrogen-bond donors (Lipinski definition) is 1. The molecule has 2 aromatic rings. The van der Waals surface area contributed by atoms with E-state index in [-0.39, 0.29) is 12.0 Å². The second-order valence-corrected chi connectivity index (χ2v) is 6.43. The lowest BCUT2D eigenvalue weighted by Crippen LogP contribution is -2.18. The summed E-state index contributed by atoms with van der Waals surface area (Å²) in [6.07, 6.45) is 0.942. The number of ether oxygens (including phenoxy) is 1. The Kier molecular flexibility index (Phi) is 3.57. The van der Waals surface area contributed by atoms with Crippen LogP contribution in [0.25, 0.3) is 0 Å². The van der Waals surface area contributed by atoms with Gasteiger partial charge in [-0.25, -0.2) is 0 Å². The van der Waals surface area contributed by atoms with Crippen molar-refractivity contribution in [3.8, 4) is 0 Å². The molecule has 6 heteroatoms. The van der Waals surface area contributed by atoms with Crippen LogP contribution in [0.3, 0.4) is 0 Å². The normalized spacial score (nSPS) is 25.1. The number of rotatable bonds is 2. The van der Waals surface area contributed by atoms with Gasteiger partial charge in [0.15, 0.2) is 0 Å². The molecule has 0 bridgehead atoms. The maximum atomic E-state index is 5.72. The first kappa shape index (κ1) is 13.2. The van der Waals surface area contributed by atoms with Crippen LogP contribution in [-0.4, -0.2) is 34.8 Å². The monoisotopic (exact) mass is 303 g/mol. The molecule has 1 fully saturated rings. The first-order chi connectivity index (χ1) is 10.4. The van der Waals surface area contributed by atoms with Crippen molar-refractivity contribution in [2.24, 2.45) is 0 Å². The van der Waals surface area contributed by atoms with E-state index in [1.165, 1.54) is 5.56 Å². The van der Waals surface area contributed by atoms with E-state index in [4.69, 9.17) is 9.26 Å². The molecule has 2 unspecified atom stereocenters. The Bertz CT molecular complexity index is 625. The number of fused-ring (bicyclic) bond motifs is 1. The summed E-state index contributed by atoms with van der Waals surface area (Å²) >= 11 is 1.87. The van der Waals surface area contributed by atoms with E-state index in [9.17, 15) is 0 Å². The highest BCUT2D eigenvalue weighted by Gasteiger charge is 2.28. The van der Waals surface area contributed by atoms with Crippen molar-refractivity contribution < 1.29 is 9.26 Å². The molecule has 4 rings (SSSR count). The van der Waals surface area contributed by atoms with E-state index >= 15 is 0 Å². The van der Waals surface area contributed by atoms with Crippen LogP contribution in [0.15, 0.2) is 28.8 Å². The summed E-state index contributed by atoms with van der Waals surface area (Å²) in [5, 5.41) is 7.56. The number of nitrogens with zero attached hydrogens (tertiary/aromatic N) is 2. The average Bonchev–Trinajstić information content (AvgIpc) is 3.05. The maximum Gasteiger partial charge on any atom is 0.234 e. The Morgan fingerprint density at radius 1 is 1.29 bits per heavy atom. The predicted octanol–water partition coefficient (Wildman–Crippen LogP) is 2.82. The van der Waals surface area contributed by atoms with Crippen molar-refractivity contribution in [3.05, 3.63) is 41.5 Å². The fourth-order valence-electron chi connectivity index (χ4n) is 2.88. The Hall–Kier alpha value is -1.53. The Labute approximate surface area is 127 Å². The lowest BCUT2D eigenvalue weighted by Gasteiger charge is -2.24. The maximum absolute atomic E-state index is 5.72. The largest absolute Gasteiger partial charge is 0.385 e. The molecule has 2 aliphatic heterocycles. The molecular formula is C15H17N3O2S. The number of nitrogens with one attached hydrogen (secondary N) is 1. The molecular weight excluding hydrogens is 286 g/mol. The van der Waals surface area contributed by atoms with Crippen molar-refractivity contribution in [1.29, 1.82) is 0 Å². The molecule has 0 saturated carbocycles. The van der Waals surface area contributed by atoms with Crippen LogP contribution in [0.2, 0.25) is 0 Å². The molecule has 21 heavy (non-hydrogen) atoms. The van der Waals surface area contributed by atoms with Gasteiger partial charge >= 0.3 is 0 Å². The van der Waals surface area contributed by atoms with Gasteiger partial charge in [0.05, 0.1) is 12.5 Å². The van der Waals surface area contributed by atoms with E-state index < -0.39 is 0 Å². The molecule has 2 aliphatic rings. The van der Waals surface area contributed by atoms with Crippen molar-refractivity contribution in [3.63, 3.8) is 0 Å². The first-order valence-corrected chi connectivity index (χ1v) is 8.43. The quantitative estimate of drug-likeness (QED) is 0.920. The third kappa shape index (κ3) is 2.53. The smallest absolute Gasteiger partial charge is 0.234 e. The van der Waals surface area contributed by atoms with E-state index in [2.05, 4.69) is 33.7 Å². The molecule has 2 atom stereocenters. The molecule has 1 N–H and O–H groups in total. The summed E-state index contributed by atoms with van der Waals surface area (Å²) in [4.78, 5) is 4.61. The molecule has 0 spiro atoms. The van der Waals surface area contributed by atoms with Gasteiger partial charge in [0, 0.05) is 23.7 Å². The summed E-state index contributed by atoms with van der Waals surface area (Å²) in [5.74, 6) is 3.52. The number of thioether (sulfide) groups is 1. The second-order valence-electron chi connectivity index (χ2n) is 5.28. The van der Waals surface area contributed by atoms with Gasteiger partial charge in [0.25, 0.3) is 0 Å². The van der Waals surface area contributed by atoms with Crippen LogP contribution >= 0.6 is 11.8 Å². The minimum Gasteiger partial charge on any atom is -0.385 e. The third-order valence-electron chi connectivity index (χ3n) is 3.94. The topological polar surface area (TPSA) is 60.2 Å². The Balaban J connectivity index is 1.61. The minimum atomic E-state index is -0.0294. The molecule has 110 valence electrons. The van der Waals surface area contributed by atoms with E-state index in [0.717, 1.165) is 36.8 Å². The summed E-state index contributed by atoms with van der Waals surface area (Å²) in [5.41, 5.74) is 2.40. The SMILES string of the molecule is c1ccc2c(c1)NCCC2c1nc(C2CSCCO2)no1. The van der Waals surface area contributed by atoms with Crippen molar-refractivity contribution >= 4 is 17.4 Å². The van der Waals surface area contributed by atoms with Gasteiger partial charge in [-0.15, -0.1) is 0 Å². The third-order valence-corrected chi connectivity index (χ3v) is 4.94. The summed E-state index contributed by atoms with van der Waals surface area (Å²) in [7, 11) is 0. The molecule has 0 aliphatic carbocycles. The highest BCUT2D eigenvalue weighted by Crippen LogP contribution is 2.36. The zero-order chi connectivity index (χ0) is 14.1. The average molecular weight is 303 g/mol. The van der Waals surface area contributed by atoms with Crippen LogP contribution in [0.1, 0.15) is 35.7 Å². The second kappa shape index (κ2) is 5.69. The molecule has 1 aromatic heterocycles. The predicted molar refractivity (Wildman–Crippen MR) is 81.7 cm³/mol. The zero-order valence-corrected chi connectivity index (χ0v) is 12.4. The number of hydrogen-bond acceptors (Lipinski definition) is 6. The van der Waals surface area contributed by atoms with Crippen LogP contribution < -0.4 is 5.32 Å². The van der Waals surface area contributed by atoms with Crippen LogP contribution in [-0.2, 0) is 4.74 Å². The van der Waals surface area contributed by atoms with Crippen molar-refractivity contribution in [2.45, 2.75) is 18.4 Å².